The minimum absolute atomic E-state index is 0.0113. The van der Waals surface area contributed by atoms with Crippen LogP contribution >= 0.6 is 23.1 Å². The van der Waals surface area contributed by atoms with Crippen molar-refractivity contribution in [2.75, 3.05) is 0 Å². The Balaban J connectivity index is 1.58. The van der Waals surface area contributed by atoms with Crippen molar-refractivity contribution in [3.63, 3.8) is 0 Å². The lowest BCUT2D eigenvalue weighted by Crippen LogP contribution is -2.30. The van der Waals surface area contributed by atoms with Crippen LogP contribution in [0.2, 0.25) is 0 Å². The Morgan fingerprint density at radius 3 is 2.76 bits per heavy atom. The molecule has 8 heteroatoms. The lowest BCUT2D eigenvalue weighted by molar-refractivity contribution is -0.120. The van der Waals surface area contributed by atoms with E-state index in [0.29, 0.717) is 17.4 Å². The fraction of sp³-hybridized carbons (Fsp3) is 0.294. The zero-order valence-electron chi connectivity index (χ0n) is 14.3. The monoisotopic (exact) mass is 373 g/mol. The van der Waals surface area contributed by atoms with Crippen LogP contribution in [0.5, 0.6) is 0 Å². The molecule has 0 saturated carbocycles. The highest BCUT2D eigenvalue weighted by Crippen LogP contribution is 2.21. The van der Waals surface area contributed by atoms with E-state index in [1.165, 1.54) is 11.8 Å². The Kier molecular flexibility index (Phi) is 5.50. The Hall–Kier alpha value is -2.19. The first-order chi connectivity index (χ1) is 12.0. The Labute approximate surface area is 154 Å². The zero-order valence-corrected chi connectivity index (χ0v) is 15.9. The standard InChI is InChI=1S/C17H19N5OS2/c1-11-9-12(2)22(21-11)15-6-7-16(20-19-15)25-13(3)17(23)18-10-14-5-4-8-24-14/h4-9,13H,10H2,1-3H3,(H,18,23). The predicted octanol–water partition coefficient (Wildman–Crippen LogP) is 3.14. The number of rotatable bonds is 6. The molecule has 0 bridgehead atoms. The van der Waals surface area contributed by atoms with E-state index < -0.39 is 0 Å². The quantitative estimate of drug-likeness (QED) is 0.672. The van der Waals surface area contributed by atoms with Crippen LogP contribution in [0.25, 0.3) is 5.82 Å². The summed E-state index contributed by atoms with van der Waals surface area (Å²) in [7, 11) is 0. The molecule has 25 heavy (non-hydrogen) atoms. The van der Waals surface area contributed by atoms with Crippen molar-refractivity contribution < 1.29 is 4.79 Å². The van der Waals surface area contributed by atoms with E-state index in [1.54, 1.807) is 16.0 Å². The molecule has 3 aromatic heterocycles. The van der Waals surface area contributed by atoms with Crippen molar-refractivity contribution in [1.82, 2.24) is 25.3 Å². The van der Waals surface area contributed by atoms with Crippen LogP contribution < -0.4 is 5.32 Å². The summed E-state index contributed by atoms with van der Waals surface area (Å²) in [4.78, 5) is 13.3. The zero-order chi connectivity index (χ0) is 17.8. The molecule has 0 spiro atoms. The van der Waals surface area contributed by atoms with Gasteiger partial charge < -0.3 is 5.32 Å². The van der Waals surface area contributed by atoms with E-state index in [4.69, 9.17) is 0 Å². The fourth-order valence-electron chi connectivity index (χ4n) is 2.32. The van der Waals surface area contributed by atoms with Gasteiger partial charge in [-0.05, 0) is 50.4 Å². The Bertz CT molecular complexity index is 843. The molecular weight excluding hydrogens is 354 g/mol. The number of aromatic nitrogens is 4. The first kappa shape index (κ1) is 17.6. The minimum Gasteiger partial charge on any atom is -0.350 e. The van der Waals surface area contributed by atoms with Gasteiger partial charge in [-0.2, -0.15) is 5.10 Å². The van der Waals surface area contributed by atoms with Gasteiger partial charge in [-0.1, -0.05) is 17.8 Å². The number of nitrogens with zero attached hydrogens (tertiary/aromatic N) is 4. The number of thioether (sulfide) groups is 1. The number of amides is 1. The SMILES string of the molecule is Cc1cc(C)n(-c2ccc(SC(C)C(=O)NCc3cccs3)nn2)n1. The van der Waals surface area contributed by atoms with Crippen LogP contribution in [0, 0.1) is 13.8 Å². The van der Waals surface area contributed by atoms with Crippen molar-refractivity contribution in [3.8, 4) is 5.82 Å². The van der Waals surface area contributed by atoms with Crippen LogP contribution in [-0.4, -0.2) is 31.1 Å². The molecule has 130 valence electrons. The lowest BCUT2D eigenvalue weighted by Gasteiger charge is -2.11. The Morgan fingerprint density at radius 2 is 2.16 bits per heavy atom. The maximum absolute atomic E-state index is 12.2. The molecule has 1 amide bonds. The van der Waals surface area contributed by atoms with E-state index in [1.807, 2.05) is 56.5 Å². The molecule has 0 aliphatic rings. The number of carbonyl (C=O) groups excluding carboxylic acids is 1. The summed E-state index contributed by atoms with van der Waals surface area (Å²) in [5.74, 6) is 0.660. The number of hydrogen-bond donors (Lipinski definition) is 1. The normalized spacial score (nSPS) is 12.1. The third-order valence-electron chi connectivity index (χ3n) is 3.54. The maximum Gasteiger partial charge on any atom is 0.233 e. The second-order valence-electron chi connectivity index (χ2n) is 5.63. The number of aryl methyl sites for hydroxylation is 2. The molecule has 1 atom stereocenters. The summed E-state index contributed by atoms with van der Waals surface area (Å²) in [6.07, 6.45) is 0. The summed E-state index contributed by atoms with van der Waals surface area (Å²) in [5, 5.41) is 18.2. The molecule has 3 rings (SSSR count). The smallest absolute Gasteiger partial charge is 0.233 e. The second kappa shape index (κ2) is 7.79. The molecule has 3 heterocycles. The lowest BCUT2D eigenvalue weighted by atomic mass is 10.4. The maximum atomic E-state index is 12.2. The number of carbonyl (C=O) groups is 1. The van der Waals surface area contributed by atoms with E-state index in [2.05, 4.69) is 20.6 Å². The van der Waals surface area contributed by atoms with Crippen molar-refractivity contribution in [2.24, 2.45) is 0 Å². The molecule has 0 saturated heterocycles. The van der Waals surface area contributed by atoms with Gasteiger partial charge in [-0.25, -0.2) is 4.68 Å². The molecule has 0 aromatic carbocycles. The third kappa shape index (κ3) is 4.46. The van der Waals surface area contributed by atoms with Gasteiger partial charge in [0.1, 0.15) is 5.03 Å². The van der Waals surface area contributed by atoms with Crippen molar-refractivity contribution in [2.45, 2.75) is 37.6 Å². The van der Waals surface area contributed by atoms with Gasteiger partial charge in [-0.15, -0.1) is 21.5 Å². The molecule has 0 aliphatic heterocycles. The number of nitrogens with one attached hydrogen (secondary N) is 1. The summed E-state index contributed by atoms with van der Waals surface area (Å²) in [6, 6.07) is 9.71. The summed E-state index contributed by atoms with van der Waals surface area (Å²) in [6.45, 7) is 6.34. The van der Waals surface area contributed by atoms with Gasteiger partial charge in [0.05, 0.1) is 17.5 Å². The van der Waals surface area contributed by atoms with Gasteiger partial charge in [-0.3, -0.25) is 4.79 Å². The van der Waals surface area contributed by atoms with E-state index in [9.17, 15) is 4.79 Å². The van der Waals surface area contributed by atoms with E-state index in [0.717, 1.165) is 16.3 Å². The highest BCUT2D eigenvalue weighted by molar-refractivity contribution is 8.00. The minimum atomic E-state index is -0.242. The van der Waals surface area contributed by atoms with Gasteiger partial charge in [0.15, 0.2) is 5.82 Å². The first-order valence-electron chi connectivity index (χ1n) is 7.87. The van der Waals surface area contributed by atoms with Gasteiger partial charge in [0.25, 0.3) is 0 Å². The Morgan fingerprint density at radius 1 is 1.32 bits per heavy atom. The average Bonchev–Trinajstić information content (AvgIpc) is 3.22. The molecule has 3 aromatic rings. The summed E-state index contributed by atoms with van der Waals surface area (Å²) >= 11 is 3.02. The highest BCUT2D eigenvalue weighted by atomic mass is 32.2. The van der Waals surface area contributed by atoms with Crippen LogP contribution in [-0.2, 0) is 11.3 Å². The first-order valence-corrected chi connectivity index (χ1v) is 9.63. The largest absolute Gasteiger partial charge is 0.350 e. The van der Waals surface area contributed by atoms with Crippen molar-refractivity contribution in [3.05, 3.63) is 52.0 Å². The van der Waals surface area contributed by atoms with E-state index in [-0.39, 0.29) is 11.2 Å². The van der Waals surface area contributed by atoms with Crippen LogP contribution in [0.3, 0.4) is 0 Å². The number of thiophene rings is 1. The van der Waals surface area contributed by atoms with Gasteiger partial charge >= 0.3 is 0 Å². The molecule has 1 unspecified atom stereocenters. The van der Waals surface area contributed by atoms with Crippen LogP contribution in [0.15, 0.2) is 40.7 Å². The van der Waals surface area contributed by atoms with Crippen molar-refractivity contribution >= 4 is 29.0 Å². The number of hydrogen-bond acceptors (Lipinski definition) is 6. The van der Waals surface area contributed by atoms with Gasteiger partial charge in [0.2, 0.25) is 5.91 Å². The molecule has 0 radical (unpaired) electrons. The van der Waals surface area contributed by atoms with E-state index >= 15 is 0 Å². The van der Waals surface area contributed by atoms with Gasteiger partial charge in [0, 0.05) is 10.6 Å². The second-order valence-corrected chi connectivity index (χ2v) is 8.02. The predicted molar refractivity (Wildman–Crippen MR) is 100 cm³/mol. The molecule has 0 aliphatic carbocycles. The summed E-state index contributed by atoms with van der Waals surface area (Å²) in [5.41, 5.74) is 1.95. The third-order valence-corrected chi connectivity index (χ3v) is 5.44. The average molecular weight is 374 g/mol. The van der Waals surface area contributed by atoms with Crippen LogP contribution in [0.4, 0.5) is 0 Å². The molecular formula is C17H19N5OS2. The van der Waals surface area contributed by atoms with Crippen LogP contribution in [0.1, 0.15) is 23.2 Å². The molecule has 1 N–H and O–H groups in total. The highest BCUT2D eigenvalue weighted by Gasteiger charge is 2.15. The topological polar surface area (TPSA) is 72.7 Å². The summed E-state index contributed by atoms with van der Waals surface area (Å²) < 4.78 is 1.76. The molecule has 0 fully saturated rings. The molecule has 6 nitrogen and oxygen atoms in total. The van der Waals surface area contributed by atoms with Crippen molar-refractivity contribution in [1.29, 1.82) is 0 Å². The fourth-order valence-corrected chi connectivity index (χ4v) is 3.75.